The standard InChI is InChI=1S/C15H12N2O4/c16-9-5-8(15(20)21)12(17)11-10(9)13(18)6-3-1-2-4-7(6)14(11)19/h3-5H,1-2,16-17H2,(H,20,21). The summed E-state index contributed by atoms with van der Waals surface area (Å²) in [5.74, 6) is -2.11. The van der Waals surface area contributed by atoms with Crippen LogP contribution < -0.4 is 11.5 Å². The lowest BCUT2D eigenvalue weighted by Gasteiger charge is -2.24. The predicted molar refractivity (Wildman–Crippen MR) is 76.3 cm³/mol. The van der Waals surface area contributed by atoms with Gasteiger partial charge >= 0.3 is 5.97 Å². The van der Waals surface area contributed by atoms with Crippen molar-refractivity contribution >= 4 is 28.9 Å². The van der Waals surface area contributed by atoms with Crippen LogP contribution in [0.15, 0.2) is 29.4 Å². The summed E-state index contributed by atoms with van der Waals surface area (Å²) in [7, 11) is 0. The molecule has 1 aromatic carbocycles. The molecule has 0 amide bonds. The fourth-order valence-electron chi connectivity index (χ4n) is 2.75. The van der Waals surface area contributed by atoms with E-state index in [0.29, 0.717) is 18.4 Å². The molecule has 0 aliphatic heterocycles. The molecule has 0 saturated heterocycles. The number of nitrogen functional groups attached to an aromatic ring is 2. The van der Waals surface area contributed by atoms with Crippen LogP contribution >= 0.6 is 0 Å². The number of carboxylic acid groups (broad SMARTS) is 1. The number of carboxylic acids is 1. The number of benzene rings is 1. The third kappa shape index (κ3) is 1.69. The molecule has 6 heteroatoms. The first-order chi connectivity index (χ1) is 9.93. The monoisotopic (exact) mass is 284 g/mol. The van der Waals surface area contributed by atoms with Gasteiger partial charge in [-0.1, -0.05) is 12.2 Å². The van der Waals surface area contributed by atoms with Gasteiger partial charge in [0.2, 0.25) is 0 Å². The topological polar surface area (TPSA) is 123 Å². The van der Waals surface area contributed by atoms with Crippen molar-refractivity contribution in [3.8, 4) is 0 Å². The Kier molecular flexibility index (Phi) is 2.69. The lowest BCUT2D eigenvalue weighted by Crippen LogP contribution is -2.27. The molecule has 0 atom stereocenters. The zero-order valence-electron chi connectivity index (χ0n) is 11.0. The van der Waals surface area contributed by atoms with Gasteiger partial charge < -0.3 is 16.6 Å². The second-order valence-corrected chi connectivity index (χ2v) is 4.95. The van der Waals surface area contributed by atoms with Crippen LogP contribution in [-0.4, -0.2) is 22.6 Å². The minimum atomic E-state index is -1.29. The highest BCUT2D eigenvalue weighted by Gasteiger charge is 2.37. The molecular formula is C15H12N2O4. The minimum absolute atomic E-state index is 0.00722. The summed E-state index contributed by atoms with van der Waals surface area (Å²) >= 11 is 0. The quantitative estimate of drug-likeness (QED) is 0.672. The van der Waals surface area contributed by atoms with Crippen LogP contribution in [-0.2, 0) is 0 Å². The van der Waals surface area contributed by atoms with Crippen LogP contribution in [0.25, 0.3) is 0 Å². The van der Waals surface area contributed by atoms with Gasteiger partial charge in [0.15, 0.2) is 11.6 Å². The lowest BCUT2D eigenvalue weighted by atomic mass is 9.77. The van der Waals surface area contributed by atoms with Crippen LogP contribution in [0, 0.1) is 0 Å². The van der Waals surface area contributed by atoms with E-state index in [9.17, 15) is 14.4 Å². The number of rotatable bonds is 1. The van der Waals surface area contributed by atoms with Crippen LogP contribution in [0.3, 0.4) is 0 Å². The van der Waals surface area contributed by atoms with E-state index in [1.54, 1.807) is 12.2 Å². The molecule has 0 fully saturated rings. The number of Topliss-reactive ketones (excluding diaryl/α,β-unsaturated/α-hetero) is 2. The summed E-state index contributed by atoms with van der Waals surface area (Å²) in [6.45, 7) is 0. The fraction of sp³-hybridized carbons (Fsp3) is 0.133. The molecule has 0 aromatic heterocycles. The van der Waals surface area contributed by atoms with Crippen LogP contribution in [0.4, 0.5) is 11.4 Å². The molecule has 0 unspecified atom stereocenters. The Balaban J connectivity index is 2.38. The average molecular weight is 284 g/mol. The Morgan fingerprint density at radius 1 is 1.00 bits per heavy atom. The molecule has 0 spiro atoms. The van der Waals surface area contributed by atoms with Crippen molar-refractivity contribution in [2.45, 2.75) is 12.8 Å². The first kappa shape index (κ1) is 13.1. The lowest BCUT2D eigenvalue weighted by molar-refractivity contribution is 0.0697. The third-order valence-corrected chi connectivity index (χ3v) is 3.73. The molecule has 1 aromatic rings. The first-order valence-electron chi connectivity index (χ1n) is 6.38. The van der Waals surface area contributed by atoms with E-state index in [-0.39, 0.29) is 39.4 Å². The summed E-state index contributed by atoms with van der Waals surface area (Å²) in [5, 5.41) is 9.12. The third-order valence-electron chi connectivity index (χ3n) is 3.73. The molecule has 21 heavy (non-hydrogen) atoms. The number of carbonyl (C=O) groups is 3. The summed E-state index contributed by atoms with van der Waals surface area (Å²) in [5.41, 5.74) is 11.6. The smallest absolute Gasteiger partial charge is 0.337 e. The molecule has 0 radical (unpaired) electrons. The van der Waals surface area contributed by atoms with Crippen molar-refractivity contribution in [3.05, 3.63) is 46.1 Å². The van der Waals surface area contributed by atoms with E-state index < -0.39 is 11.8 Å². The number of ketones is 2. The fourth-order valence-corrected chi connectivity index (χ4v) is 2.75. The maximum absolute atomic E-state index is 12.6. The van der Waals surface area contributed by atoms with Crippen molar-refractivity contribution in [1.29, 1.82) is 0 Å². The Morgan fingerprint density at radius 3 is 2.05 bits per heavy atom. The van der Waals surface area contributed by atoms with E-state index in [4.69, 9.17) is 16.6 Å². The van der Waals surface area contributed by atoms with E-state index in [2.05, 4.69) is 0 Å². The Hall–Kier alpha value is -2.89. The second-order valence-electron chi connectivity index (χ2n) is 4.95. The highest BCUT2D eigenvalue weighted by Crippen LogP contribution is 2.39. The van der Waals surface area contributed by atoms with Crippen LogP contribution in [0.5, 0.6) is 0 Å². The number of carbonyl (C=O) groups excluding carboxylic acids is 2. The van der Waals surface area contributed by atoms with Crippen molar-refractivity contribution in [3.63, 3.8) is 0 Å². The Labute approximate surface area is 119 Å². The van der Waals surface area contributed by atoms with Crippen molar-refractivity contribution in [1.82, 2.24) is 0 Å². The second kappa shape index (κ2) is 4.31. The van der Waals surface area contributed by atoms with Gasteiger partial charge in [-0.2, -0.15) is 0 Å². The summed E-state index contributed by atoms with van der Waals surface area (Å²) in [6, 6.07) is 1.12. The molecule has 6 nitrogen and oxygen atoms in total. The minimum Gasteiger partial charge on any atom is -0.478 e. The number of fused-ring (bicyclic) bond motifs is 2. The highest BCUT2D eigenvalue weighted by atomic mass is 16.4. The molecule has 3 rings (SSSR count). The van der Waals surface area contributed by atoms with Gasteiger partial charge in [-0.3, -0.25) is 9.59 Å². The van der Waals surface area contributed by atoms with Crippen LogP contribution in [0.2, 0.25) is 0 Å². The normalized spacial score (nSPS) is 16.8. The highest BCUT2D eigenvalue weighted by molar-refractivity contribution is 6.35. The van der Waals surface area contributed by atoms with E-state index in [0.717, 1.165) is 6.07 Å². The molecule has 0 heterocycles. The van der Waals surface area contributed by atoms with Gasteiger partial charge in [0, 0.05) is 16.8 Å². The van der Waals surface area contributed by atoms with Gasteiger partial charge in [-0.05, 0) is 18.9 Å². The molecule has 2 aliphatic rings. The summed E-state index contributed by atoms with van der Waals surface area (Å²) < 4.78 is 0. The van der Waals surface area contributed by atoms with E-state index >= 15 is 0 Å². The number of allylic oxidation sites excluding steroid dienone is 4. The number of hydrogen-bond donors (Lipinski definition) is 3. The van der Waals surface area contributed by atoms with Crippen LogP contribution in [0.1, 0.15) is 43.9 Å². The predicted octanol–water partition coefficient (Wildman–Crippen LogP) is 1.57. The number of anilines is 2. The van der Waals surface area contributed by atoms with E-state index in [1.165, 1.54) is 0 Å². The maximum Gasteiger partial charge on any atom is 0.337 e. The molecule has 0 bridgehead atoms. The Morgan fingerprint density at radius 2 is 1.52 bits per heavy atom. The molecule has 5 N–H and O–H groups in total. The zero-order chi connectivity index (χ0) is 15.3. The molecule has 0 saturated carbocycles. The largest absolute Gasteiger partial charge is 0.478 e. The molecular weight excluding hydrogens is 272 g/mol. The van der Waals surface area contributed by atoms with Gasteiger partial charge in [0.05, 0.1) is 22.4 Å². The molecule has 2 aliphatic carbocycles. The van der Waals surface area contributed by atoms with Gasteiger partial charge in [0.25, 0.3) is 0 Å². The maximum atomic E-state index is 12.6. The summed E-state index contributed by atoms with van der Waals surface area (Å²) in [4.78, 5) is 36.2. The Bertz CT molecular complexity index is 787. The van der Waals surface area contributed by atoms with Gasteiger partial charge in [-0.15, -0.1) is 0 Å². The number of nitrogens with two attached hydrogens (primary N) is 2. The average Bonchev–Trinajstić information content (AvgIpc) is 2.46. The van der Waals surface area contributed by atoms with Crippen molar-refractivity contribution < 1.29 is 19.5 Å². The van der Waals surface area contributed by atoms with Gasteiger partial charge in [-0.25, -0.2) is 4.79 Å². The van der Waals surface area contributed by atoms with Crippen molar-refractivity contribution in [2.75, 3.05) is 11.5 Å². The molecule has 106 valence electrons. The number of hydrogen-bond acceptors (Lipinski definition) is 5. The zero-order valence-corrected chi connectivity index (χ0v) is 11.0. The number of aromatic carboxylic acids is 1. The van der Waals surface area contributed by atoms with Crippen molar-refractivity contribution in [2.24, 2.45) is 0 Å². The summed E-state index contributed by atoms with van der Waals surface area (Å²) in [6.07, 6.45) is 4.72. The van der Waals surface area contributed by atoms with E-state index in [1.807, 2.05) is 0 Å². The van der Waals surface area contributed by atoms with Gasteiger partial charge in [0.1, 0.15) is 0 Å². The first-order valence-corrected chi connectivity index (χ1v) is 6.38. The SMILES string of the molecule is Nc1cc(C(=O)O)c(N)c2c1C(=O)C1=CCCC=C1C2=O.